The minimum absolute atomic E-state index is 0.0560. The molecule has 0 saturated heterocycles. The zero-order chi connectivity index (χ0) is 21.7. The van der Waals surface area contributed by atoms with E-state index in [1.54, 1.807) is 51.3 Å². The number of nitrogens with one attached hydrogen (secondary N) is 2. The van der Waals surface area contributed by atoms with Crippen LogP contribution in [-0.4, -0.2) is 29.6 Å². The fourth-order valence-corrected chi connectivity index (χ4v) is 3.03. The van der Waals surface area contributed by atoms with Gasteiger partial charge in [0.1, 0.15) is 5.75 Å². The van der Waals surface area contributed by atoms with E-state index in [1.807, 2.05) is 25.1 Å². The third kappa shape index (κ3) is 5.00. The van der Waals surface area contributed by atoms with Crippen LogP contribution in [0, 0.1) is 13.8 Å². The highest BCUT2D eigenvalue weighted by atomic mass is 16.5. The third-order valence-electron chi connectivity index (χ3n) is 4.62. The molecule has 7 nitrogen and oxygen atoms in total. The lowest BCUT2D eigenvalue weighted by Crippen LogP contribution is -2.22. The highest BCUT2D eigenvalue weighted by Crippen LogP contribution is 2.19. The Morgan fingerprint density at radius 3 is 2.53 bits per heavy atom. The van der Waals surface area contributed by atoms with Gasteiger partial charge in [-0.3, -0.25) is 14.6 Å². The second-order valence-corrected chi connectivity index (χ2v) is 7.01. The number of hydrogen-bond acceptors (Lipinski definition) is 5. The lowest BCUT2D eigenvalue weighted by atomic mass is 10.1. The summed E-state index contributed by atoms with van der Waals surface area (Å²) in [5.41, 5.74) is 6.66. The number of nitrogens with zero attached hydrogens (tertiary/aromatic N) is 2. The van der Waals surface area contributed by atoms with Crippen LogP contribution in [0.4, 0.5) is 5.69 Å². The lowest BCUT2D eigenvalue weighted by molar-refractivity contribution is -0.115. The molecule has 0 aliphatic carbocycles. The number of aryl methyl sites for hydroxylation is 2. The molecule has 1 aromatic heterocycles. The fraction of sp³-hybridized carbons (Fsp3) is 0.217. The number of methoxy groups -OCH3 is 1. The Hall–Kier alpha value is -3.74. The highest BCUT2D eigenvalue weighted by Gasteiger charge is 2.13. The third-order valence-corrected chi connectivity index (χ3v) is 4.62. The largest absolute Gasteiger partial charge is 0.497 e. The first-order valence-corrected chi connectivity index (χ1v) is 9.51. The molecular weight excluding hydrogens is 380 g/mol. The number of fused-ring (bicyclic) bond motifs is 1. The van der Waals surface area contributed by atoms with Crippen molar-refractivity contribution in [1.82, 2.24) is 10.4 Å². The Morgan fingerprint density at radius 1 is 1.10 bits per heavy atom. The van der Waals surface area contributed by atoms with Gasteiger partial charge in [-0.05, 0) is 56.7 Å². The van der Waals surface area contributed by atoms with Gasteiger partial charge in [-0.25, -0.2) is 5.43 Å². The predicted octanol–water partition coefficient (Wildman–Crippen LogP) is 3.99. The van der Waals surface area contributed by atoms with Gasteiger partial charge in [0.05, 0.1) is 30.3 Å². The summed E-state index contributed by atoms with van der Waals surface area (Å²) < 4.78 is 5.09. The minimum Gasteiger partial charge on any atom is -0.497 e. The first kappa shape index (κ1) is 21.0. The maximum atomic E-state index is 12.6. The molecule has 2 amide bonds. The summed E-state index contributed by atoms with van der Waals surface area (Å²) in [5, 5.41) is 7.73. The summed E-state index contributed by atoms with van der Waals surface area (Å²) in [6, 6.07) is 14.7. The van der Waals surface area contributed by atoms with Crippen molar-refractivity contribution in [3.63, 3.8) is 0 Å². The van der Waals surface area contributed by atoms with Crippen molar-refractivity contribution in [1.29, 1.82) is 0 Å². The molecule has 0 radical (unpaired) electrons. The van der Waals surface area contributed by atoms with E-state index in [0.717, 1.165) is 16.5 Å². The molecular formula is C23H24N4O3. The van der Waals surface area contributed by atoms with Gasteiger partial charge in [-0.2, -0.15) is 5.10 Å². The molecule has 0 spiro atoms. The van der Waals surface area contributed by atoms with Crippen molar-refractivity contribution >= 4 is 34.1 Å². The topological polar surface area (TPSA) is 92.7 Å². The van der Waals surface area contributed by atoms with Crippen molar-refractivity contribution in [3.05, 3.63) is 65.4 Å². The number of pyridine rings is 1. The summed E-state index contributed by atoms with van der Waals surface area (Å²) in [4.78, 5) is 29.3. The smallest absolute Gasteiger partial charge is 0.273 e. The first-order chi connectivity index (χ1) is 14.4. The molecule has 1 heterocycles. The van der Waals surface area contributed by atoms with Crippen molar-refractivity contribution in [3.8, 4) is 5.75 Å². The fourth-order valence-electron chi connectivity index (χ4n) is 3.03. The van der Waals surface area contributed by atoms with Gasteiger partial charge in [-0.15, -0.1) is 0 Å². The van der Waals surface area contributed by atoms with Gasteiger partial charge in [0, 0.05) is 16.8 Å². The zero-order valence-electron chi connectivity index (χ0n) is 17.4. The Kier molecular flexibility index (Phi) is 6.41. The number of hydrogen-bond donors (Lipinski definition) is 2. The molecule has 0 saturated carbocycles. The predicted molar refractivity (Wildman–Crippen MR) is 118 cm³/mol. The molecule has 3 aromatic rings. The number of anilines is 1. The number of aromatic nitrogens is 1. The van der Waals surface area contributed by atoms with Crippen molar-refractivity contribution in [2.45, 2.75) is 27.2 Å². The van der Waals surface area contributed by atoms with E-state index in [9.17, 15) is 9.59 Å². The highest BCUT2D eigenvalue weighted by molar-refractivity contribution is 6.06. The molecule has 0 fully saturated rings. The molecule has 0 aliphatic heterocycles. The van der Waals surface area contributed by atoms with Crippen LogP contribution in [0.2, 0.25) is 0 Å². The molecule has 0 bridgehead atoms. The number of ether oxygens (including phenoxy) is 1. The number of benzene rings is 2. The van der Waals surface area contributed by atoms with E-state index in [1.165, 1.54) is 0 Å². The van der Waals surface area contributed by atoms with Crippen LogP contribution in [-0.2, 0) is 4.79 Å². The van der Waals surface area contributed by atoms with E-state index in [2.05, 4.69) is 20.8 Å². The molecule has 0 aliphatic rings. The summed E-state index contributed by atoms with van der Waals surface area (Å²) in [7, 11) is 1.58. The summed E-state index contributed by atoms with van der Waals surface area (Å²) in [6.45, 7) is 5.46. The molecule has 154 valence electrons. The van der Waals surface area contributed by atoms with Gasteiger partial charge in [0.25, 0.3) is 5.91 Å². The second kappa shape index (κ2) is 9.17. The molecule has 7 heteroatoms. The van der Waals surface area contributed by atoms with Crippen LogP contribution in [0.1, 0.15) is 35.0 Å². The summed E-state index contributed by atoms with van der Waals surface area (Å²) >= 11 is 0. The molecule has 0 unspecified atom stereocenters. The Labute approximate surface area is 175 Å². The average Bonchev–Trinajstić information content (AvgIpc) is 2.73. The monoisotopic (exact) mass is 404 g/mol. The second-order valence-electron chi connectivity index (χ2n) is 7.01. The number of para-hydroxylation sites is 1. The van der Waals surface area contributed by atoms with E-state index in [4.69, 9.17) is 4.74 Å². The van der Waals surface area contributed by atoms with E-state index in [0.29, 0.717) is 28.4 Å². The van der Waals surface area contributed by atoms with Crippen LogP contribution >= 0.6 is 0 Å². The van der Waals surface area contributed by atoms with E-state index >= 15 is 0 Å². The molecule has 0 atom stereocenters. The molecule has 3 rings (SSSR count). The van der Waals surface area contributed by atoms with Crippen LogP contribution in [0.3, 0.4) is 0 Å². The number of carbonyl (C=O) groups excluding carboxylic acids is 2. The normalized spacial score (nSPS) is 11.3. The summed E-state index contributed by atoms with van der Waals surface area (Å²) in [6.07, 6.45) is 0.0560. The molecule has 30 heavy (non-hydrogen) atoms. The van der Waals surface area contributed by atoms with Gasteiger partial charge in [-0.1, -0.05) is 18.2 Å². The van der Waals surface area contributed by atoms with Crippen molar-refractivity contribution in [2.24, 2.45) is 5.10 Å². The van der Waals surface area contributed by atoms with E-state index in [-0.39, 0.29) is 18.2 Å². The van der Waals surface area contributed by atoms with Gasteiger partial charge in [0.15, 0.2) is 0 Å². The molecule has 2 N–H and O–H groups in total. The maximum Gasteiger partial charge on any atom is 0.273 e. The molecule has 2 aromatic carbocycles. The SMILES string of the molecule is COc1ccc(NC(=O)C/C(C)=N/NC(=O)c2cc3cccc(C)c3nc2C)cc1. The van der Waals surface area contributed by atoms with Crippen molar-refractivity contribution in [2.75, 3.05) is 12.4 Å². The first-order valence-electron chi connectivity index (χ1n) is 9.51. The van der Waals surface area contributed by atoms with Gasteiger partial charge < -0.3 is 10.1 Å². The Morgan fingerprint density at radius 2 is 1.83 bits per heavy atom. The average molecular weight is 404 g/mol. The van der Waals surface area contributed by atoms with Crippen molar-refractivity contribution < 1.29 is 14.3 Å². The van der Waals surface area contributed by atoms with Crippen LogP contribution in [0.5, 0.6) is 5.75 Å². The van der Waals surface area contributed by atoms with Crippen LogP contribution in [0.15, 0.2) is 53.6 Å². The number of carbonyl (C=O) groups is 2. The number of hydrazone groups is 1. The lowest BCUT2D eigenvalue weighted by Gasteiger charge is -2.09. The van der Waals surface area contributed by atoms with Crippen LogP contribution in [0.25, 0.3) is 10.9 Å². The van der Waals surface area contributed by atoms with Gasteiger partial charge in [0.2, 0.25) is 5.91 Å². The summed E-state index contributed by atoms with van der Waals surface area (Å²) in [5.74, 6) is 0.120. The number of rotatable bonds is 6. The maximum absolute atomic E-state index is 12.6. The number of amides is 2. The Bertz CT molecular complexity index is 1120. The zero-order valence-corrected chi connectivity index (χ0v) is 17.4. The van der Waals surface area contributed by atoms with Crippen LogP contribution < -0.4 is 15.5 Å². The standard InChI is InChI=1S/C23H24N4O3/c1-14-6-5-7-17-13-20(16(3)24-22(14)17)23(29)27-26-15(2)12-21(28)25-18-8-10-19(30-4)11-9-18/h5-11,13H,12H2,1-4H3,(H,25,28)(H,27,29)/b26-15+. The van der Waals surface area contributed by atoms with Gasteiger partial charge >= 0.3 is 0 Å². The minimum atomic E-state index is -0.363. The quantitative estimate of drug-likeness (QED) is 0.480. The Balaban J connectivity index is 1.63. The van der Waals surface area contributed by atoms with E-state index < -0.39 is 0 Å².